The fraction of sp³-hybridized carbons (Fsp3) is 0.467. The van der Waals surface area contributed by atoms with Crippen LogP contribution >= 0.6 is 0 Å². The molecule has 0 aliphatic heterocycles. The van der Waals surface area contributed by atoms with Crippen LogP contribution < -0.4 is 0 Å². The van der Waals surface area contributed by atoms with E-state index in [1.54, 1.807) is 12.1 Å². The summed E-state index contributed by atoms with van der Waals surface area (Å²) in [4.78, 5) is 15.6. The van der Waals surface area contributed by atoms with E-state index in [0.29, 0.717) is 11.1 Å². The number of nitrogens with zero attached hydrogens (tertiary/aromatic N) is 2. The second-order valence-corrected chi connectivity index (χ2v) is 5.37. The molecule has 0 bridgehead atoms. The number of carbonyl (C=O) groups is 1. The van der Waals surface area contributed by atoms with Gasteiger partial charge in [-0.05, 0) is 31.4 Å². The van der Waals surface area contributed by atoms with Gasteiger partial charge in [0, 0.05) is 6.54 Å². The highest BCUT2D eigenvalue weighted by molar-refractivity contribution is 6.01. The molecule has 1 saturated carbocycles. The third-order valence-electron chi connectivity index (χ3n) is 4.19. The molecule has 1 fully saturated rings. The smallest absolute Gasteiger partial charge is 0.337 e. The van der Waals surface area contributed by atoms with E-state index in [0.717, 1.165) is 23.8 Å². The number of carboxylic acid groups (broad SMARTS) is 1. The first-order valence-corrected chi connectivity index (χ1v) is 6.86. The average Bonchev–Trinajstić information content (AvgIpc) is 2.63. The molecule has 2 aromatic rings. The Hall–Kier alpha value is -1.84. The number of benzene rings is 1. The number of aryl methyl sites for hydroxylation is 2. The molecule has 1 aromatic carbocycles. The lowest BCUT2D eigenvalue weighted by Gasteiger charge is -2.25. The maximum atomic E-state index is 11.2. The van der Waals surface area contributed by atoms with Gasteiger partial charge in [-0.15, -0.1) is 0 Å². The van der Waals surface area contributed by atoms with Crippen molar-refractivity contribution in [3.8, 4) is 0 Å². The molecule has 0 saturated heterocycles. The summed E-state index contributed by atoms with van der Waals surface area (Å²) in [6.45, 7) is 2.89. The minimum absolute atomic E-state index is 0.294. The lowest BCUT2D eigenvalue weighted by Crippen LogP contribution is -2.14. The molecule has 1 N–H and O–H groups in total. The van der Waals surface area contributed by atoms with Crippen molar-refractivity contribution in [2.24, 2.45) is 5.92 Å². The zero-order valence-corrected chi connectivity index (χ0v) is 11.1. The molecule has 3 rings (SSSR count). The monoisotopic (exact) mass is 258 g/mol. The van der Waals surface area contributed by atoms with Crippen molar-refractivity contribution in [3.63, 3.8) is 0 Å². The van der Waals surface area contributed by atoms with Gasteiger partial charge in [0.15, 0.2) is 0 Å². The predicted molar refractivity (Wildman–Crippen MR) is 73.4 cm³/mol. The van der Waals surface area contributed by atoms with Crippen LogP contribution in [0.15, 0.2) is 18.2 Å². The van der Waals surface area contributed by atoms with E-state index >= 15 is 0 Å². The molecule has 1 aliphatic rings. The highest BCUT2D eigenvalue weighted by Gasteiger charge is 2.19. The SMILES string of the molecule is Cc1nc2c(C(=O)O)cccc2n1CCC1CCC1. The Balaban J connectivity index is 1.96. The van der Waals surface area contributed by atoms with Gasteiger partial charge in [0.2, 0.25) is 0 Å². The molecule has 4 nitrogen and oxygen atoms in total. The molecular weight excluding hydrogens is 240 g/mol. The van der Waals surface area contributed by atoms with E-state index in [1.165, 1.54) is 25.7 Å². The standard InChI is InChI=1S/C15H18N2O2/c1-10-16-14-12(15(18)19)6-3-7-13(14)17(10)9-8-11-4-2-5-11/h3,6-7,11H,2,4-5,8-9H2,1H3,(H,18,19). The van der Waals surface area contributed by atoms with Gasteiger partial charge in [-0.2, -0.15) is 0 Å². The summed E-state index contributed by atoms with van der Waals surface area (Å²) in [7, 11) is 0. The number of rotatable bonds is 4. The first kappa shape index (κ1) is 12.2. The number of aromatic carboxylic acids is 1. The highest BCUT2D eigenvalue weighted by Crippen LogP contribution is 2.30. The third kappa shape index (κ3) is 2.11. The molecule has 0 unspecified atom stereocenters. The Kier molecular flexibility index (Phi) is 3.01. The molecule has 4 heteroatoms. The van der Waals surface area contributed by atoms with Gasteiger partial charge in [-0.25, -0.2) is 9.78 Å². The molecule has 100 valence electrons. The third-order valence-corrected chi connectivity index (χ3v) is 4.19. The Morgan fingerprint density at radius 2 is 2.26 bits per heavy atom. The molecule has 0 spiro atoms. The quantitative estimate of drug-likeness (QED) is 0.916. The minimum atomic E-state index is -0.908. The number of aromatic nitrogens is 2. The first-order valence-electron chi connectivity index (χ1n) is 6.86. The molecule has 0 atom stereocenters. The Labute approximate surface area is 112 Å². The van der Waals surface area contributed by atoms with E-state index in [2.05, 4.69) is 9.55 Å². The zero-order chi connectivity index (χ0) is 13.4. The largest absolute Gasteiger partial charge is 0.478 e. The summed E-state index contributed by atoms with van der Waals surface area (Å²) in [5.74, 6) is 0.844. The fourth-order valence-corrected chi connectivity index (χ4v) is 2.81. The summed E-state index contributed by atoms with van der Waals surface area (Å²) in [5.41, 5.74) is 1.85. The van der Waals surface area contributed by atoms with E-state index in [1.807, 2.05) is 13.0 Å². The Morgan fingerprint density at radius 1 is 1.47 bits per heavy atom. The van der Waals surface area contributed by atoms with Crippen molar-refractivity contribution in [2.75, 3.05) is 0 Å². The van der Waals surface area contributed by atoms with Crippen molar-refractivity contribution in [1.82, 2.24) is 9.55 Å². The number of carboxylic acids is 1. The molecule has 0 amide bonds. The number of para-hydroxylation sites is 1. The summed E-state index contributed by atoms with van der Waals surface area (Å²) < 4.78 is 2.15. The van der Waals surface area contributed by atoms with E-state index in [4.69, 9.17) is 0 Å². The van der Waals surface area contributed by atoms with Gasteiger partial charge in [0.05, 0.1) is 11.1 Å². The maximum Gasteiger partial charge on any atom is 0.337 e. The normalized spacial score (nSPS) is 15.6. The van der Waals surface area contributed by atoms with Crippen LogP contribution in [0.4, 0.5) is 0 Å². The Bertz CT molecular complexity index is 626. The molecule has 19 heavy (non-hydrogen) atoms. The second-order valence-electron chi connectivity index (χ2n) is 5.37. The lowest BCUT2D eigenvalue weighted by atomic mass is 9.83. The van der Waals surface area contributed by atoms with E-state index in [9.17, 15) is 9.90 Å². The molecule has 1 aromatic heterocycles. The topological polar surface area (TPSA) is 55.1 Å². The lowest BCUT2D eigenvalue weighted by molar-refractivity contribution is 0.0699. The summed E-state index contributed by atoms with van der Waals surface area (Å²) in [5, 5.41) is 9.20. The van der Waals surface area contributed by atoms with Gasteiger partial charge in [-0.3, -0.25) is 0 Å². The number of hydrogen-bond acceptors (Lipinski definition) is 2. The minimum Gasteiger partial charge on any atom is -0.478 e. The number of imidazole rings is 1. The molecule has 0 radical (unpaired) electrons. The van der Waals surface area contributed by atoms with E-state index in [-0.39, 0.29) is 0 Å². The van der Waals surface area contributed by atoms with Crippen molar-refractivity contribution in [3.05, 3.63) is 29.6 Å². The summed E-state index contributed by atoms with van der Waals surface area (Å²) >= 11 is 0. The van der Waals surface area contributed by atoms with Gasteiger partial charge in [0.1, 0.15) is 11.3 Å². The Morgan fingerprint density at radius 3 is 2.89 bits per heavy atom. The number of hydrogen-bond donors (Lipinski definition) is 1. The van der Waals surface area contributed by atoms with Crippen LogP contribution in [0.3, 0.4) is 0 Å². The average molecular weight is 258 g/mol. The maximum absolute atomic E-state index is 11.2. The zero-order valence-electron chi connectivity index (χ0n) is 11.1. The fourth-order valence-electron chi connectivity index (χ4n) is 2.81. The van der Waals surface area contributed by atoms with Crippen LogP contribution in [-0.2, 0) is 6.54 Å². The molecular formula is C15H18N2O2. The van der Waals surface area contributed by atoms with Crippen LogP contribution in [0.2, 0.25) is 0 Å². The predicted octanol–water partition coefficient (Wildman–Crippen LogP) is 3.23. The van der Waals surface area contributed by atoms with Gasteiger partial charge in [-0.1, -0.05) is 25.3 Å². The second kappa shape index (κ2) is 4.68. The van der Waals surface area contributed by atoms with E-state index < -0.39 is 5.97 Å². The van der Waals surface area contributed by atoms with Crippen LogP contribution in [0, 0.1) is 12.8 Å². The van der Waals surface area contributed by atoms with Crippen LogP contribution in [-0.4, -0.2) is 20.6 Å². The summed E-state index contributed by atoms with van der Waals surface area (Å²) in [6, 6.07) is 5.38. The highest BCUT2D eigenvalue weighted by atomic mass is 16.4. The van der Waals surface area contributed by atoms with Crippen molar-refractivity contribution in [2.45, 2.75) is 39.2 Å². The van der Waals surface area contributed by atoms with Crippen molar-refractivity contribution < 1.29 is 9.90 Å². The van der Waals surface area contributed by atoms with Crippen molar-refractivity contribution in [1.29, 1.82) is 0 Å². The van der Waals surface area contributed by atoms with Gasteiger partial charge in [0.25, 0.3) is 0 Å². The first-order chi connectivity index (χ1) is 9.16. The molecule has 1 aliphatic carbocycles. The van der Waals surface area contributed by atoms with Crippen molar-refractivity contribution >= 4 is 17.0 Å². The van der Waals surface area contributed by atoms with Crippen LogP contribution in [0.25, 0.3) is 11.0 Å². The van der Waals surface area contributed by atoms with Gasteiger partial charge < -0.3 is 9.67 Å². The molecule has 1 heterocycles. The summed E-state index contributed by atoms with van der Waals surface area (Å²) in [6.07, 6.45) is 5.21. The van der Waals surface area contributed by atoms with Crippen LogP contribution in [0.5, 0.6) is 0 Å². The number of fused-ring (bicyclic) bond motifs is 1. The van der Waals surface area contributed by atoms with Crippen LogP contribution in [0.1, 0.15) is 41.9 Å². The van der Waals surface area contributed by atoms with Gasteiger partial charge >= 0.3 is 5.97 Å².